The van der Waals surface area contributed by atoms with Crippen LogP contribution in [0.2, 0.25) is 0 Å². The zero-order valence-electron chi connectivity index (χ0n) is 6.05. The molecule has 56 valence electrons. The number of nitrogens with one attached hydrogen (secondary N) is 1. The van der Waals surface area contributed by atoms with Gasteiger partial charge in [0.2, 0.25) is 5.91 Å². The first kappa shape index (κ1) is 9.31. The van der Waals surface area contributed by atoms with Gasteiger partial charge in [-0.1, -0.05) is 6.92 Å². The van der Waals surface area contributed by atoms with E-state index in [1.54, 1.807) is 24.9 Å². The second kappa shape index (κ2) is 5.12. The van der Waals surface area contributed by atoms with Crippen molar-refractivity contribution in [3.05, 3.63) is 0 Å². The van der Waals surface area contributed by atoms with Crippen molar-refractivity contribution in [1.82, 2.24) is 5.32 Å². The van der Waals surface area contributed by atoms with E-state index in [1.165, 1.54) is 0 Å². The maximum Gasteiger partial charge on any atom is 0.236 e. The Kier molecular flexibility index (Phi) is 4.77. The molecular weight excluding hydrogens is 148 g/mol. The smallest absolute Gasteiger partial charge is 0.236 e. The van der Waals surface area contributed by atoms with Crippen molar-refractivity contribution in [1.29, 1.82) is 5.26 Å². The van der Waals surface area contributed by atoms with Gasteiger partial charge in [0.25, 0.3) is 0 Å². The standard InChI is InChI=1S/C6H10N2OS/c1-5(3-10-2)6(9)8-4-7/h5H,3H2,1-2H3,(H,8,9). The van der Waals surface area contributed by atoms with Gasteiger partial charge in [-0.2, -0.15) is 17.0 Å². The molecule has 1 N–H and O–H groups in total. The van der Waals surface area contributed by atoms with Crippen LogP contribution in [0.5, 0.6) is 0 Å². The van der Waals surface area contributed by atoms with E-state index in [0.29, 0.717) is 0 Å². The van der Waals surface area contributed by atoms with E-state index >= 15 is 0 Å². The van der Waals surface area contributed by atoms with Crippen LogP contribution < -0.4 is 5.32 Å². The van der Waals surface area contributed by atoms with Crippen LogP contribution in [-0.4, -0.2) is 17.9 Å². The number of carbonyl (C=O) groups excluding carboxylic acids is 1. The van der Waals surface area contributed by atoms with Crippen molar-refractivity contribution >= 4 is 17.7 Å². The molecule has 1 unspecified atom stereocenters. The second-order valence-corrected chi connectivity index (χ2v) is 2.87. The third-order valence-electron chi connectivity index (χ3n) is 1.04. The minimum atomic E-state index is -0.197. The Morgan fingerprint density at radius 3 is 2.90 bits per heavy atom. The monoisotopic (exact) mass is 158 g/mol. The number of amides is 1. The van der Waals surface area contributed by atoms with Gasteiger partial charge < -0.3 is 0 Å². The maximum atomic E-state index is 10.8. The summed E-state index contributed by atoms with van der Waals surface area (Å²) >= 11 is 1.59. The van der Waals surface area contributed by atoms with Gasteiger partial charge in [-0.3, -0.25) is 10.1 Å². The molecule has 0 fully saturated rings. The van der Waals surface area contributed by atoms with E-state index in [0.717, 1.165) is 5.75 Å². The molecule has 4 heteroatoms. The zero-order chi connectivity index (χ0) is 7.98. The molecule has 3 nitrogen and oxygen atoms in total. The molecular formula is C6H10N2OS. The first-order chi connectivity index (χ1) is 4.72. The Morgan fingerprint density at radius 1 is 1.90 bits per heavy atom. The van der Waals surface area contributed by atoms with E-state index in [4.69, 9.17) is 5.26 Å². The van der Waals surface area contributed by atoms with E-state index in [2.05, 4.69) is 5.32 Å². The highest BCUT2D eigenvalue weighted by atomic mass is 32.2. The normalized spacial score (nSPS) is 11.7. The van der Waals surface area contributed by atoms with Crippen LogP contribution in [0, 0.1) is 17.4 Å². The molecule has 0 heterocycles. The maximum absolute atomic E-state index is 10.8. The number of thioether (sulfide) groups is 1. The van der Waals surface area contributed by atoms with Crippen LogP contribution in [0.3, 0.4) is 0 Å². The fourth-order valence-corrected chi connectivity index (χ4v) is 1.16. The summed E-state index contributed by atoms with van der Waals surface area (Å²) in [5.41, 5.74) is 0. The summed E-state index contributed by atoms with van der Waals surface area (Å²) < 4.78 is 0. The SMILES string of the molecule is CSCC(C)C(=O)NC#N. The summed E-state index contributed by atoms with van der Waals surface area (Å²) in [6.45, 7) is 1.79. The highest BCUT2D eigenvalue weighted by Gasteiger charge is 2.09. The van der Waals surface area contributed by atoms with E-state index in [-0.39, 0.29) is 11.8 Å². The van der Waals surface area contributed by atoms with Gasteiger partial charge in [-0.25, -0.2) is 0 Å². The molecule has 1 atom stereocenters. The Labute approximate surface area is 64.8 Å². The van der Waals surface area contributed by atoms with Gasteiger partial charge in [-0.15, -0.1) is 0 Å². The number of nitriles is 1. The minimum Gasteiger partial charge on any atom is -0.274 e. The quantitative estimate of drug-likeness (QED) is 0.483. The van der Waals surface area contributed by atoms with Crippen LogP contribution in [0.4, 0.5) is 0 Å². The summed E-state index contributed by atoms with van der Waals surface area (Å²) in [5, 5.41) is 10.1. The van der Waals surface area contributed by atoms with Crippen LogP contribution in [0.15, 0.2) is 0 Å². The highest BCUT2D eigenvalue weighted by Crippen LogP contribution is 2.03. The predicted octanol–water partition coefficient (Wildman–Crippen LogP) is 0.583. The lowest BCUT2D eigenvalue weighted by molar-refractivity contribution is -0.122. The summed E-state index contributed by atoms with van der Waals surface area (Å²) in [7, 11) is 0. The number of nitrogens with zero attached hydrogens (tertiary/aromatic N) is 1. The van der Waals surface area contributed by atoms with Gasteiger partial charge >= 0.3 is 0 Å². The van der Waals surface area contributed by atoms with Crippen LogP contribution in [0.25, 0.3) is 0 Å². The third-order valence-corrected chi connectivity index (χ3v) is 1.88. The van der Waals surface area contributed by atoms with Crippen molar-refractivity contribution in [2.45, 2.75) is 6.92 Å². The van der Waals surface area contributed by atoms with Gasteiger partial charge in [0.1, 0.15) is 0 Å². The fourth-order valence-electron chi connectivity index (χ4n) is 0.504. The molecule has 0 aromatic heterocycles. The summed E-state index contributed by atoms with van der Waals surface area (Å²) in [4.78, 5) is 10.8. The zero-order valence-corrected chi connectivity index (χ0v) is 6.86. The molecule has 0 aliphatic heterocycles. The molecule has 0 saturated carbocycles. The molecule has 0 aromatic rings. The summed E-state index contributed by atoms with van der Waals surface area (Å²) in [6.07, 6.45) is 3.52. The molecule has 0 saturated heterocycles. The average molecular weight is 158 g/mol. The lowest BCUT2D eigenvalue weighted by Crippen LogP contribution is -2.26. The molecule has 0 rings (SSSR count). The van der Waals surface area contributed by atoms with Gasteiger partial charge in [0, 0.05) is 11.7 Å². The molecule has 0 aliphatic carbocycles. The van der Waals surface area contributed by atoms with Gasteiger partial charge in [0.05, 0.1) is 0 Å². The second-order valence-electron chi connectivity index (χ2n) is 1.96. The molecule has 0 spiro atoms. The average Bonchev–Trinajstić information content (AvgIpc) is 1.89. The van der Waals surface area contributed by atoms with E-state index in [1.807, 2.05) is 6.26 Å². The van der Waals surface area contributed by atoms with Crippen molar-refractivity contribution in [3.8, 4) is 6.19 Å². The lowest BCUT2D eigenvalue weighted by atomic mass is 10.2. The number of rotatable bonds is 3. The molecule has 1 amide bonds. The number of hydrogen-bond acceptors (Lipinski definition) is 3. The molecule has 0 aliphatic rings. The van der Waals surface area contributed by atoms with Crippen molar-refractivity contribution in [2.75, 3.05) is 12.0 Å². The van der Waals surface area contributed by atoms with Gasteiger partial charge in [-0.05, 0) is 6.26 Å². The van der Waals surface area contributed by atoms with E-state index in [9.17, 15) is 4.79 Å². The van der Waals surface area contributed by atoms with E-state index < -0.39 is 0 Å². The largest absolute Gasteiger partial charge is 0.274 e. The minimum absolute atomic E-state index is 0.0744. The number of carbonyl (C=O) groups is 1. The Bertz CT molecular complexity index is 152. The van der Waals surface area contributed by atoms with Crippen LogP contribution in [0.1, 0.15) is 6.92 Å². The van der Waals surface area contributed by atoms with Crippen LogP contribution >= 0.6 is 11.8 Å². The Hall–Kier alpha value is -0.690. The Balaban J connectivity index is 3.62. The molecule has 0 radical (unpaired) electrons. The molecule has 10 heavy (non-hydrogen) atoms. The van der Waals surface area contributed by atoms with Crippen LogP contribution in [-0.2, 0) is 4.79 Å². The van der Waals surface area contributed by atoms with Crippen molar-refractivity contribution < 1.29 is 4.79 Å². The topological polar surface area (TPSA) is 52.9 Å². The first-order valence-corrected chi connectivity index (χ1v) is 4.29. The van der Waals surface area contributed by atoms with Gasteiger partial charge in [0.15, 0.2) is 6.19 Å². The predicted molar refractivity (Wildman–Crippen MR) is 41.3 cm³/mol. The lowest BCUT2D eigenvalue weighted by Gasteiger charge is -2.04. The Morgan fingerprint density at radius 2 is 2.50 bits per heavy atom. The first-order valence-electron chi connectivity index (χ1n) is 2.90. The molecule has 0 bridgehead atoms. The number of hydrogen-bond donors (Lipinski definition) is 1. The third kappa shape index (κ3) is 3.36. The highest BCUT2D eigenvalue weighted by molar-refractivity contribution is 7.98. The van der Waals surface area contributed by atoms with Crippen molar-refractivity contribution in [3.63, 3.8) is 0 Å². The molecule has 0 aromatic carbocycles. The summed E-state index contributed by atoms with van der Waals surface area (Å²) in [6, 6.07) is 0. The van der Waals surface area contributed by atoms with Crippen molar-refractivity contribution in [2.24, 2.45) is 5.92 Å². The fraction of sp³-hybridized carbons (Fsp3) is 0.667. The summed E-state index contributed by atoms with van der Waals surface area (Å²) in [5.74, 6) is 0.486.